The molecule has 0 bridgehead atoms. The minimum Gasteiger partial charge on any atom is -0.323 e. The summed E-state index contributed by atoms with van der Waals surface area (Å²) < 4.78 is 1.72. The monoisotopic (exact) mass is 289 g/mol. The normalized spacial score (nSPS) is 10.6. The van der Waals surface area contributed by atoms with E-state index in [-0.39, 0.29) is 12.5 Å². The second-order valence-corrected chi connectivity index (χ2v) is 5.87. The maximum absolute atomic E-state index is 12.1. The van der Waals surface area contributed by atoms with Crippen molar-refractivity contribution in [3.63, 3.8) is 0 Å². The van der Waals surface area contributed by atoms with Crippen LogP contribution in [0.15, 0.2) is 35.2 Å². The Morgan fingerprint density at radius 3 is 2.75 bits per heavy atom. The van der Waals surface area contributed by atoms with Gasteiger partial charge in [0.25, 0.3) is 0 Å². The summed E-state index contributed by atoms with van der Waals surface area (Å²) in [7, 11) is 0. The van der Waals surface area contributed by atoms with Crippen molar-refractivity contribution in [1.29, 1.82) is 0 Å². The second-order valence-electron chi connectivity index (χ2n) is 4.56. The summed E-state index contributed by atoms with van der Waals surface area (Å²) in [5.41, 5.74) is 2.79. The van der Waals surface area contributed by atoms with E-state index in [1.54, 1.807) is 16.4 Å². The average Bonchev–Trinajstić information content (AvgIpc) is 2.70. The Morgan fingerprint density at radius 1 is 1.35 bits per heavy atom. The zero-order valence-electron chi connectivity index (χ0n) is 12.0. The number of carbonyl (C=O) groups is 1. The van der Waals surface area contributed by atoms with Crippen molar-refractivity contribution < 1.29 is 4.79 Å². The van der Waals surface area contributed by atoms with Crippen molar-refractivity contribution in [2.45, 2.75) is 32.2 Å². The summed E-state index contributed by atoms with van der Waals surface area (Å²) in [4.78, 5) is 13.2. The van der Waals surface area contributed by atoms with Crippen molar-refractivity contribution in [3.8, 4) is 0 Å². The fourth-order valence-electron chi connectivity index (χ4n) is 2.01. The smallest absolute Gasteiger partial charge is 0.246 e. The number of carbonyl (C=O) groups excluding carboxylic acids is 1. The Kier molecular flexibility index (Phi) is 4.84. The van der Waals surface area contributed by atoms with Gasteiger partial charge in [-0.3, -0.25) is 9.48 Å². The van der Waals surface area contributed by atoms with E-state index in [2.05, 4.69) is 17.3 Å². The first-order valence-corrected chi connectivity index (χ1v) is 7.61. The molecule has 0 fully saturated rings. The summed E-state index contributed by atoms with van der Waals surface area (Å²) in [5, 5.41) is 7.26. The summed E-state index contributed by atoms with van der Waals surface area (Å²) in [5.74, 6) is 0.921. The maximum Gasteiger partial charge on any atom is 0.246 e. The molecule has 0 unspecified atom stereocenters. The number of benzene rings is 1. The molecule has 0 saturated carbocycles. The molecule has 1 aromatic heterocycles. The molecule has 0 radical (unpaired) electrons. The van der Waals surface area contributed by atoms with E-state index >= 15 is 0 Å². The zero-order chi connectivity index (χ0) is 14.5. The molecular formula is C15H19N3OS. The van der Waals surface area contributed by atoms with Gasteiger partial charge in [0.2, 0.25) is 5.91 Å². The van der Waals surface area contributed by atoms with Gasteiger partial charge >= 0.3 is 0 Å². The number of amides is 1. The van der Waals surface area contributed by atoms with Crippen LogP contribution in [0.1, 0.15) is 18.3 Å². The summed E-state index contributed by atoms with van der Waals surface area (Å²) in [6.45, 7) is 6.21. The quantitative estimate of drug-likeness (QED) is 0.859. The van der Waals surface area contributed by atoms with Crippen LogP contribution in [-0.2, 0) is 11.3 Å². The van der Waals surface area contributed by atoms with Crippen molar-refractivity contribution in [3.05, 3.63) is 41.7 Å². The van der Waals surface area contributed by atoms with E-state index in [0.717, 1.165) is 27.7 Å². The standard InChI is InChI=1S/C15H19N3OS/c1-4-20-14-8-6-5-7-13(14)16-15(19)10-18-12(3)9-11(2)17-18/h5-9H,4,10H2,1-3H3,(H,16,19). The van der Waals surface area contributed by atoms with Crippen molar-refractivity contribution in [1.82, 2.24) is 9.78 Å². The van der Waals surface area contributed by atoms with Crippen LogP contribution in [0.25, 0.3) is 0 Å². The molecule has 0 saturated heterocycles. The predicted molar refractivity (Wildman–Crippen MR) is 83.2 cm³/mol. The molecule has 106 valence electrons. The van der Waals surface area contributed by atoms with E-state index < -0.39 is 0 Å². The Hall–Kier alpha value is -1.75. The largest absolute Gasteiger partial charge is 0.323 e. The van der Waals surface area contributed by atoms with Gasteiger partial charge in [0.15, 0.2) is 0 Å². The highest BCUT2D eigenvalue weighted by Crippen LogP contribution is 2.26. The Morgan fingerprint density at radius 2 is 2.10 bits per heavy atom. The van der Waals surface area contributed by atoms with Gasteiger partial charge in [0.05, 0.1) is 11.4 Å². The van der Waals surface area contributed by atoms with Crippen LogP contribution < -0.4 is 5.32 Å². The third-order valence-corrected chi connectivity index (χ3v) is 3.81. The maximum atomic E-state index is 12.1. The zero-order valence-corrected chi connectivity index (χ0v) is 12.8. The van der Waals surface area contributed by atoms with E-state index in [9.17, 15) is 4.79 Å². The summed E-state index contributed by atoms with van der Waals surface area (Å²) in [6, 6.07) is 9.83. The molecule has 0 atom stereocenters. The van der Waals surface area contributed by atoms with Crippen LogP contribution in [0.2, 0.25) is 0 Å². The molecule has 2 aromatic rings. The lowest BCUT2D eigenvalue weighted by Crippen LogP contribution is -2.20. The lowest BCUT2D eigenvalue weighted by Gasteiger charge is -2.10. The Labute approximate surface area is 123 Å². The first-order chi connectivity index (χ1) is 9.60. The number of aromatic nitrogens is 2. The van der Waals surface area contributed by atoms with Gasteiger partial charge in [-0.1, -0.05) is 19.1 Å². The molecule has 0 aliphatic heterocycles. The predicted octanol–water partition coefficient (Wildman–Crippen LogP) is 3.25. The van der Waals surface area contributed by atoms with Crippen LogP contribution in [0.3, 0.4) is 0 Å². The number of nitrogens with one attached hydrogen (secondary N) is 1. The number of hydrogen-bond donors (Lipinski definition) is 1. The molecular weight excluding hydrogens is 270 g/mol. The van der Waals surface area contributed by atoms with Crippen molar-refractivity contribution in [2.24, 2.45) is 0 Å². The first-order valence-electron chi connectivity index (χ1n) is 6.63. The number of rotatable bonds is 5. The lowest BCUT2D eigenvalue weighted by atomic mass is 10.3. The van der Waals surface area contributed by atoms with E-state index in [1.807, 2.05) is 44.2 Å². The third kappa shape index (κ3) is 3.63. The van der Waals surface area contributed by atoms with Crippen LogP contribution in [0.4, 0.5) is 5.69 Å². The SMILES string of the molecule is CCSc1ccccc1NC(=O)Cn1nc(C)cc1C. The van der Waals surface area contributed by atoms with Gasteiger partial charge in [0, 0.05) is 10.6 Å². The molecule has 0 aliphatic carbocycles. The Bertz CT molecular complexity index is 607. The highest BCUT2D eigenvalue weighted by molar-refractivity contribution is 7.99. The number of anilines is 1. The van der Waals surface area contributed by atoms with Gasteiger partial charge in [-0.15, -0.1) is 11.8 Å². The molecule has 1 N–H and O–H groups in total. The van der Waals surface area contributed by atoms with Crippen LogP contribution in [0, 0.1) is 13.8 Å². The topological polar surface area (TPSA) is 46.9 Å². The van der Waals surface area contributed by atoms with Gasteiger partial charge in [-0.2, -0.15) is 5.10 Å². The number of para-hydroxylation sites is 1. The second kappa shape index (κ2) is 6.61. The van der Waals surface area contributed by atoms with E-state index in [4.69, 9.17) is 0 Å². The number of nitrogens with zero attached hydrogens (tertiary/aromatic N) is 2. The molecule has 1 amide bonds. The lowest BCUT2D eigenvalue weighted by molar-refractivity contribution is -0.116. The van der Waals surface area contributed by atoms with Crippen LogP contribution in [-0.4, -0.2) is 21.4 Å². The minimum atomic E-state index is -0.0552. The highest BCUT2D eigenvalue weighted by atomic mass is 32.2. The molecule has 1 aromatic carbocycles. The minimum absolute atomic E-state index is 0.0552. The highest BCUT2D eigenvalue weighted by Gasteiger charge is 2.09. The molecule has 5 heteroatoms. The van der Waals surface area contributed by atoms with Crippen molar-refractivity contribution >= 4 is 23.4 Å². The first kappa shape index (κ1) is 14.7. The Balaban J connectivity index is 2.06. The van der Waals surface area contributed by atoms with E-state index in [0.29, 0.717) is 0 Å². The van der Waals surface area contributed by atoms with Crippen molar-refractivity contribution in [2.75, 3.05) is 11.1 Å². The van der Waals surface area contributed by atoms with Gasteiger partial charge in [-0.05, 0) is 37.8 Å². The molecule has 4 nitrogen and oxygen atoms in total. The molecule has 0 spiro atoms. The van der Waals surface area contributed by atoms with Gasteiger partial charge in [0.1, 0.15) is 6.54 Å². The van der Waals surface area contributed by atoms with Gasteiger partial charge in [-0.25, -0.2) is 0 Å². The summed E-state index contributed by atoms with van der Waals surface area (Å²) in [6.07, 6.45) is 0. The fraction of sp³-hybridized carbons (Fsp3) is 0.333. The molecule has 2 rings (SSSR count). The van der Waals surface area contributed by atoms with Crippen LogP contribution >= 0.6 is 11.8 Å². The molecule has 0 aliphatic rings. The molecule has 1 heterocycles. The summed E-state index contributed by atoms with van der Waals surface area (Å²) >= 11 is 1.72. The number of hydrogen-bond acceptors (Lipinski definition) is 3. The number of aryl methyl sites for hydroxylation is 2. The molecule has 20 heavy (non-hydrogen) atoms. The fourth-order valence-corrected chi connectivity index (χ4v) is 2.77. The third-order valence-electron chi connectivity index (χ3n) is 2.86. The van der Waals surface area contributed by atoms with E-state index in [1.165, 1.54) is 0 Å². The van der Waals surface area contributed by atoms with Gasteiger partial charge < -0.3 is 5.32 Å². The van der Waals surface area contributed by atoms with Crippen LogP contribution in [0.5, 0.6) is 0 Å². The average molecular weight is 289 g/mol. The number of thioether (sulfide) groups is 1.